The van der Waals surface area contributed by atoms with Crippen LogP contribution in [0.25, 0.3) is 5.69 Å². The van der Waals surface area contributed by atoms with E-state index in [4.69, 9.17) is 0 Å². The third-order valence-corrected chi connectivity index (χ3v) is 4.96. The van der Waals surface area contributed by atoms with Gasteiger partial charge in [0.05, 0.1) is 11.4 Å². The predicted molar refractivity (Wildman–Crippen MR) is 91.3 cm³/mol. The maximum Gasteiger partial charge on any atom is 0.276 e. The minimum absolute atomic E-state index is 0.0275. The van der Waals surface area contributed by atoms with E-state index in [0.717, 1.165) is 43.9 Å². The second-order valence-corrected chi connectivity index (χ2v) is 6.95. The minimum atomic E-state index is 0.0275. The number of hydrogen-bond donors (Lipinski definition) is 0. The molecule has 0 N–H and O–H groups in total. The molecule has 2 aromatic rings. The summed E-state index contributed by atoms with van der Waals surface area (Å²) in [6, 6.07) is 10.2. The van der Waals surface area contributed by atoms with Crippen molar-refractivity contribution < 1.29 is 4.79 Å². The molecule has 2 fully saturated rings. The van der Waals surface area contributed by atoms with Crippen LogP contribution in [0.1, 0.15) is 41.9 Å². The lowest BCUT2D eigenvalue weighted by atomic mass is 10.1. The number of rotatable bonds is 3. The third-order valence-electron chi connectivity index (χ3n) is 4.96. The van der Waals surface area contributed by atoms with Gasteiger partial charge in [-0.25, -0.2) is 4.68 Å². The third kappa shape index (κ3) is 2.71. The first-order valence-electron chi connectivity index (χ1n) is 8.65. The summed E-state index contributed by atoms with van der Waals surface area (Å²) in [6.45, 7) is 4.66. The number of benzene rings is 1. The van der Waals surface area contributed by atoms with Gasteiger partial charge in [0, 0.05) is 31.6 Å². The van der Waals surface area contributed by atoms with E-state index in [1.807, 2.05) is 39.9 Å². The zero-order chi connectivity index (χ0) is 16.7. The van der Waals surface area contributed by atoms with Crippen molar-refractivity contribution in [1.29, 1.82) is 0 Å². The van der Waals surface area contributed by atoms with Crippen LogP contribution in [0.15, 0.2) is 30.3 Å². The first-order chi connectivity index (χ1) is 11.6. The Hall–Kier alpha value is -2.21. The van der Waals surface area contributed by atoms with Crippen molar-refractivity contribution >= 4 is 5.91 Å². The molecule has 1 amide bonds. The maximum atomic E-state index is 13.1. The number of amides is 1. The minimum Gasteiger partial charge on any atom is -0.332 e. The number of carbonyl (C=O) groups excluding carboxylic acids is 1. The number of aromatic nitrogens is 3. The second-order valence-electron chi connectivity index (χ2n) is 6.95. The van der Waals surface area contributed by atoms with E-state index < -0.39 is 0 Å². The quantitative estimate of drug-likeness (QED) is 0.865. The Balaban J connectivity index is 1.68. The standard InChI is InChI=1S/C18H23N5O/c1-13-12-21(2)10-11-22(13)18(24)16-17(14-8-9-14)23(20-19-16)15-6-4-3-5-7-15/h3-7,13-14H,8-12H2,1-2H3/t13-/m0/s1. The molecular weight excluding hydrogens is 302 g/mol. The van der Waals surface area contributed by atoms with Crippen molar-refractivity contribution in [3.05, 3.63) is 41.7 Å². The fraction of sp³-hybridized carbons (Fsp3) is 0.500. The molecule has 1 aromatic carbocycles. The lowest BCUT2D eigenvalue weighted by Crippen LogP contribution is -2.52. The van der Waals surface area contributed by atoms with Crippen LogP contribution in [0.2, 0.25) is 0 Å². The highest BCUT2D eigenvalue weighted by atomic mass is 16.2. The van der Waals surface area contributed by atoms with Crippen LogP contribution in [-0.2, 0) is 0 Å². The fourth-order valence-electron chi connectivity index (χ4n) is 3.50. The Bertz CT molecular complexity index is 737. The summed E-state index contributed by atoms with van der Waals surface area (Å²) in [5.41, 5.74) is 2.49. The van der Waals surface area contributed by atoms with Crippen LogP contribution in [0.4, 0.5) is 0 Å². The van der Waals surface area contributed by atoms with E-state index in [2.05, 4.69) is 29.2 Å². The molecule has 6 nitrogen and oxygen atoms in total. The summed E-state index contributed by atoms with van der Waals surface area (Å²) in [4.78, 5) is 17.3. The summed E-state index contributed by atoms with van der Waals surface area (Å²) in [5, 5.41) is 8.60. The number of piperazine rings is 1. The van der Waals surface area contributed by atoms with Gasteiger partial charge in [-0.05, 0) is 38.9 Å². The lowest BCUT2D eigenvalue weighted by Gasteiger charge is -2.37. The fourth-order valence-corrected chi connectivity index (χ4v) is 3.50. The van der Waals surface area contributed by atoms with E-state index >= 15 is 0 Å². The SMILES string of the molecule is C[C@H]1CN(C)CCN1C(=O)c1nnn(-c2ccccc2)c1C1CC1. The van der Waals surface area contributed by atoms with Gasteiger partial charge in [-0.2, -0.15) is 0 Å². The molecule has 1 saturated heterocycles. The number of hydrogen-bond acceptors (Lipinski definition) is 4. The van der Waals surface area contributed by atoms with Crippen LogP contribution in [0, 0.1) is 0 Å². The highest BCUT2D eigenvalue weighted by molar-refractivity contribution is 5.94. The summed E-state index contributed by atoms with van der Waals surface area (Å²) in [7, 11) is 2.10. The molecule has 0 spiro atoms. The molecule has 24 heavy (non-hydrogen) atoms. The van der Waals surface area contributed by atoms with Crippen molar-refractivity contribution in [1.82, 2.24) is 24.8 Å². The molecule has 1 aliphatic carbocycles. The van der Waals surface area contributed by atoms with E-state index in [0.29, 0.717) is 11.6 Å². The average molecular weight is 325 g/mol. The van der Waals surface area contributed by atoms with Gasteiger partial charge in [-0.3, -0.25) is 4.79 Å². The molecule has 4 rings (SSSR count). The lowest BCUT2D eigenvalue weighted by molar-refractivity contribution is 0.0526. The van der Waals surface area contributed by atoms with Crippen LogP contribution in [-0.4, -0.2) is 63.4 Å². The normalized spacial score (nSPS) is 21.9. The molecule has 1 saturated carbocycles. The summed E-state index contributed by atoms with van der Waals surface area (Å²) >= 11 is 0. The van der Waals surface area contributed by atoms with Gasteiger partial charge in [0.2, 0.25) is 0 Å². The van der Waals surface area contributed by atoms with E-state index in [-0.39, 0.29) is 11.9 Å². The van der Waals surface area contributed by atoms with Crippen LogP contribution in [0.5, 0.6) is 0 Å². The molecule has 126 valence electrons. The van der Waals surface area contributed by atoms with Gasteiger partial charge in [0.25, 0.3) is 5.91 Å². The zero-order valence-corrected chi connectivity index (χ0v) is 14.2. The summed E-state index contributed by atoms with van der Waals surface area (Å²) in [6.07, 6.45) is 2.22. The van der Waals surface area contributed by atoms with Crippen molar-refractivity contribution in [2.75, 3.05) is 26.7 Å². The number of nitrogens with zero attached hydrogens (tertiary/aromatic N) is 5. The number of likely N-dealkylation sites (N-methyl/N-ethyl adjacent to an activating group) is 1. The number of carbonyl (C=O) groups is 1. The molecule has 1 atom stereocenters. The molecule has 0 bridgehead atoms. The molecule has 1 aromatic heterocycles. The number of para-hydroxylation sites is 1. The Morgan fingerprint density at radius 2 is 1.92 bits per heavy atom. The largest absolute Gasteiger partial charge is 0.332 e. The Morgan fingerprint density at radius 3 is 2.58 bits per heavy atom. The highest BCUT2D eigenvalue weighted by Gasteiger charge is 2.37. The van der Waals surface area contributed by atoms with Gasteiger partial charge in [-0.1, -0.05) is 23.4 Å². The topological polar surface area (TPSA) is 54.3 Å². The van der Waals surface area contributed by atoms with E-state index in [1.165, 1.54) is 0 Å². The average Bonchev–Trinajstić information content (AvgIpc) is 3.33. The van der Waals surface area contributed by atoms with Crippen molar-refractivity contribution in [3.63, 3.8) is 0 Å². The smallest absolute Gasteiger partial charge is 0.276 e. The summed E-state index contributed by atoms with van der Waals surface area (Å²) < 4.78 is 1.85. The molecule has 2 heterocycles. The molecule has 0 unspecified atom stereocenters. The van der Waals surface area contributed by atoms with Crippen LogP contribution in [0.3, 0.4) is 0 Å². The first kappa shape index (κ1) is 15.3. The van der Waals surface area contributed by atoms with Crippen LogP contribution < -0.4 is 0 Å². The predicted octanol–water partition coefficient (Wildman–Crippen LogP) is 1.92. The Morgan fingerprint density at radius 1 is 1.17 bits per heavy atom. The van der Waals surface area contributed by atoms with Gasteiger partial charge in [0.15, 0.2) is 5.69 Å². The van der Waals surface area contributed by atoms with Gasteiger partial charge in [-0.15, -0.1) is 5.10 Å². The maximum absolute atomic E-state index is 13.1. The van der Waals surface area contributed by atoms with Gasteiger partial charge >= 0.3 is 0 Å². The van der Waals surface area contributed by atoms with Crippen molar-refractivity contribution in [2.24, 2.45) is 0 Å². The van der Waals surface area contributed by atoms with E-state index in [1.54, 1.807) is 0 Å². The highest BCUT2D eigenvalue weighted by Crippen LogP contribution is 2.42. The molecule has 0 radical (unpaired) electrons. The van der Waals surface area contributed by atoms with Crippen molar-refractivity contribution in [3.8, 4) is 5.69 Å². The second kappa shape index (κ2) is 6.02. The van der Waals surface area contributed by atoms with E-state index in [9.17, 15) is 4.79 Å². The van der Waals surface area contributed by atoms with Crippen LogP contribution >= 0.6 is 0 Å². The Kier molecular flexibility index (Phi) is 3.84. The van der Waals surface area contributed by atoms with Crippen molar-refractivity contribution in [2.45, 2.75) is 31.7 Å². The van der Waals surface area contributed by atoms with Gasteiger partial charge in [0.1, 0.15) is 0 Å². The molecule has 2 aliphatic rings. The van der Waals surface area contributed by atoms with Gasteiger partial charge < -0.3 is 9.80 Å². The molecule has 1 aliphatic heterocycles. The monoisotopic (exact) mass is 325 g/mol. The zero-order valence-electron chi connectivity index (χ0n) is 14.2. The molecular formula is C18H23N5O. The Labute approximate surface area is 142 Å². The first-order valence-corrected chi connectivity index (χ1v) is 8.65. The molecule has 6 heteroatoms. The summed E-state index contributed by atoms with van der Waals surface area (Å²) in [5.74, 6) is 0.432.